The third kappa shape index (κ3) is 5.18. The Bertz CT molecular complexity index is 912. The minimum absolute atomic E-state index is 0.115. The van der Waals surface area contributed by atoms with E-state index < -0.39 is 30.8 Å². The summed E-state index contributed by atoms with van der Waals surface area (Å²) in [6.07, 6.45) is -6.15. The minimum atomic E-state index is -4.75. The Hall–Kier alpha value is -3.03. The summed E-state index contributed by atoms with van der Waals surface area (Å²) >= 11 is 0. The number of carbonyl (C=O) groups is 2. The number of rotatable bonds is 7. The molecule has 3 rings (SSSR count). The van der Waals surface area contributed by atoms with Gasteiger partial charge in [-0.05, 0) is 34.6 Å². The first kappa shape index (κ1) is 22.7. The van der Waals surface area contributed by atoms with Gasteiger partial charge in [0.25, 0.3) is 0 Å². The first-order valence-electron chi connectivity index (χ1n) is 9.99. The molecule has 0 aromatic heterocycles. The van der Waals surface area contributed by atoms with Crippen LogP contribution in [0.3, 0.4) is 0 Å². The maximum atomic E-state index is 13.1. The maximum absolute atomic E-state index is 13.1. The number of amides is 1. The minimum Gasteiger partial charge on any atom is -0.480 e. The summed E-state index contributed by atoms with van der Waals surface area (Å²) in [6, 6.07) is 13.5. The second-order valence-electron chi connectivity index (χ2n) is 8.03. The number of carboxylic acids is 1. The average molecular weight is 435 g/mol. The van der Waals surface area contributed by atoms with Crippen LogP contribution in [0.5, 0.6) is 0 Å². The molecule has 0 saturated heterocycles. The van der Waals surface area contributed by atoms with Crippen LogP contribution in [-0.2, 0) is 9.53 Å². The molecule has 1 N–H and O–H groups in total. The lowest BCUT2D eigenvalue weighted by molar-refractivity contribution is -0.159. The van der Waals surface area contributed by atoms with Gasteiger partial charge in [0.05, 0.1) is 0 Å². The van der Waals surface area contributed by atoms with E-state index in [0.717, 1.165) is 22.3 Å². The lowest BCUT2D eigenvalue weighted by Crippen LogP contribution is -2.50. The van der Waals surface area contributed by atoms with Gasteiger partial charge in [-0.3, -0.25) is 4.90 Å². The summed E-state index contributed by atoms with van der Waals surface area (Å²) in [5.41, 5.74) is 3.79. The van der Waals surface area contributed by atoms with Crippen molar-refractivity contribution in [1.82, 2.24) is 4.90 Å². The molecule has 1 amide bonds. The highest BCUT2D eigenvalue weighted by atomic mass is 19.4. The Kier molecular flexibility index (Phi) is 6.57. The first-order valence-corrected chi connectivity index (χ1v) is 9.99. The van der Waals surface area contributed by atoms with Crippen LogP contribution in [0.15, 0.2) is 48.5 Å². The lowest BCUT2D eigenvalue weighted by Gasteiger charge is -2.30. The van der Waals surface area contributed by atoms with E-state index in [9.17, 15) is 27.9 Å². The number of hydrogen-bond acceptors (Lipinski definition) is 3. The van der Waals surface area contributed by atoms with E-state index in [1.54, 1.807) is 13.8 Å². The monoisotopic (exact) mass is 435 g/mol. The molecule has 1 aliphatic carbocycles. The Labute approximate surface area is 178 Å². The summed E-state index contributed by atoms with van der Waals surface area (Å²) < 4.78 is 44.6. The number of hydrogen-bond donors (Lipinski definition) is 1. The Balaban J connectivity index is 1.83. The van der Waals surface area contributed by atoms with Gasteiger partial charge < -0.3 is 9.84 Å². The van der Waals surface area contributed by atoms with E-state index in [1.807, 2.05) is 48.5 Å². The van der Waals surface area contributed by atoms with Crippen molar-refractivity contribution < 1.29 is 32.6 Å². The van der Waals surface area contributed by atoms with Crippen LogP contribution in [0.4, 0.5) is 18.0 Å². The topological polar surface area (TPSA) is 66.8 Å². The molecule has 0 radical (unpaired) electrons. The summed E-state index contributed by atoms with van der Waals surface area (Å²) in [5, 5.41) is 9.46. The molecule has 2 aromatic rings. The van der Waals surface area contributed by atoms with Gasteiger partial charge in [-0.15, -0.1) is 0 Å². The van der Waals surface area contributed by atoms with E-state index in [-0.39, 0.29) is 29.8 Å². The molecule has 5 nitrogen and oxygen atoms in total. The van der Waals surface area contributed by atoms with Gasteiger partial charge in [-0.25, -0.2) is 9.59 Å². The van der Waals surface area contributed by atoms with Crippen LogP contribution in [0.1, 0.15) is 37.3 Å². The quantitative estimate of drug-likeness (QED) is 0.641. The third-order valence-electron chi connectivity index (χ3n) is 5.28. The number of aliphatic carboxylic acids is 1. The molecule has 1 aliphatic rings. The zero-order valence-electron chi connectivity index (χ0n) is 17.2. The standard InChI is InChI=1S/C23H24F3NO4/c1-14(2)11-20(21(28)29)27(13-23(24,25)26)22(30)31-12-19-17-9-5-3-7-15(17)16-8-4-6-10-18(16)19/h3-10,14,19-20H,11-13H2,1-2H3,(H,28,29)/t20-/m0/s1. The molecule has 31 heavy (non-hydrogen) atoms. The number of carbonyl (C=O) groups excluding carboxylic acids is 1. The second kappa shape index (κ2) is 8.99. The van der Waals surface area contributed by atoms with Crippen LogP contribution in [0.2, 0.25) is 0 Å². The molecule has 166 valence electrons. The van der Waals surface area contributed by atoms with Crippen molar-refractivity contribution in [2.75, 3.05) is 13.2 Å². The number of fused-ring (bicyclic) bond motifs is 3. The highest BCUT2D eigenvalue weighted by Gasteiger charge is 2.41. The number of carboxylic acid groups (broad SMARTS) is 1. The van der Waals surface area contributed by atoms with Crippen molar-refractivity contribution in [1.29, 1.82) is 0 Å². The maximum Gasteiger partial charge on any atom is 0.410 e. The van der Waals surface area contributed by atoms with Crippen LogP contribution in [0.25, 0.3) is 11.1 Å². The molecule has 8 heteroatoms. The lowest BCUT2D eigenvalue weighted by atomic mass is 9.98. The first-order chi connectivity index (χ1) is 14.6. The number of benzene rings is 2. The molecular weight excluding hydrogens is 411 g/mol. The van der Waals surface area contributed by atoms with Crippen molar-refractivity contribution in [3.63, 3.8) is 0 Å². The van der Waals surface area contributed by atoms with Crippen LogP contribution in [0, 0.1) is 5.92 Å². The molecule has 0 bridgehead atoms. The fourth-order valence-electron chi connectivity index (χ4n) is 3.98. The third-order valence-corrected chi connectivity index (χ3v) is 5.28. The molecule has 0 fully saturated rings. The van der Waals surface area contributed by atoms with Crippen molar-refractivity contribution in [2.24, 2.45) is 5.92 Å². The van der Waals surface area contributed by atoms with Gasteiger partial charge in [0, 0.05) is 5.92 Å². The van der Waals surface area contributed by atoms with Gasteiger partial charge in [-0.1, -0.05) is 62.4 Å². The Morgan fingerprint density at radius 3 is 2.00 bits per heavy atom. The summed E-state index contributed by atoms with van der Waals surface area (Å²) in [7, 11) is 0. The van der Waals surface area contributed by atoms with Crippen LogP contribution in [-0.4, -0.2) is 47.4 Å². The van der Waals surface area contributed by atoms with Crippen molar-refractivity contribution in [2.45, 2.75) is 38.4 Å². The fourth-order valence-corrected chi connectivity index (χ4v) is 3.98. The molecule has 0 aliphatic heterocycles. The predicted molar refractivity (Wildman–Crippen MR) is 109 cm³/mol. The number of nitrogens with zero attached hydrogens (tertiary/aromatic N) is 1. The highest BCUT2D eigenvalue weighted by molar-refractivity contribution is 5.81. The predicted octanol–water partition coefficient (Wildman–Crippen LogP) is 5.30. The van der Waals surface area contributed by atoms with Gasteiger partial charge in [-0.2, -0.15) is 13.2 Å². The normalized spacial score (nSPS) is 14.1. The number of alkyl halides is 3. The zero-order chi connectivity index (χ0) is 22.8. The van der Waals surface area contributed by atoms with Crippen LogP contribution < -0.4 is 0 Å². The van der Waals surface area contributed by atoms with Crippen molar-refractivity contribution in [3.8, 4) is 11.1 Å². The van der Waals surface area contributed by atoms with E-state index in [4.69, 9.17) is 4.74 Å². The van der Waals surface area contributed by atoms with Crippen molar-refractivity contribution >= 4 is 12.1 Å². The molecule has 0 spiro atoms. The molecule has 2 aromatic carbocycles. The molecular formula is C23H24F3NO4. The molecule has 1 atom stereocenters. The molecule has 0 heterocycles. The Morgan fingerprint density at radius 1 is 1.03 bits per heavy atom. The van der Waals surface area contributed by atoms with E-state index in [1.165, 1.54) is 0 Å². The number of ether oxygens (including phenoxy) is 1. The number of halogens is 3. The zero-order valence-corrected chi connectivity index (χ0v) is 17.2. The van der Waals surface area contributed by atoms with Gasteiger partial charge in [0.1, 0.15) is 19.2 Å². The van der Waals surface area contributed by atoms with Gasteiger partial charge >= 0.3 is 18.2 Å². The highest BCUT2D eigenvalue weighted by Crippen LogP contribution is 2.44. The summed E-state index contributed by atoms with van der Waals surface area (Å²) in [5.74, 6) is -2.05. The average Bonchev–Trinajstić information content (AvgIpc) is 3.01. The second-order valence-corrected chi connectivity index (χ2v) is 8.03. The largest absolute Gasteiger partial charge is 0.480 e. The fraction of sp³-hybridized carbons (Fsp3) is 0.391. The van der Waals surface area contributed by atoms with Gasteiger partial charge in [0.15, 0.2) is 0 Å². The Morgan fingerprint density at radius 2 is 1.55 bits per heavy atom. The summed E-state index contributed by atoms with van der Waals surface area (Å²) in [4.78, 5) is 24.6. The smallest absolute Gasteiger partial charge is 0.410 e. The van der Waals surface area contributed by atoms with Crippen molar-refractivity contribution in [3.05, 3.63) is 59.7 Å². The SMILES string of the molecule is CC(C)C[C@@H](C(=O)O)N(CC(F)(F)F)C(=O)OCC1c2ccccc2-c2ccccc21. The van der Waals surface area contributed by atoms with E-state index in [2.05, 4.69) is 0 Å². The molecule has 0 unspecified atom stereocenters. The van der Waals surface area contributed by atoms with E-state index >= 15 is 0 Å². The van der Waals surface area contributed by atoms with Gasteiger partial charge in [0.2, 0.25) is 0 Å². The van der Waals surface area contributed by atoms with E-state index in [0.29, 0.717) is 0 Å². The molecule has 0 saturated carbocycles. The summed E-state index contributed by atoms with van der Waals surface area (Å²) in [6.45, 7) is 1.49. The van der Waals surface area contributed by atoms with Crippen LogP contribution >= 0.6 is 0 Å².